The second-order valence-electron chi connectivity index (χ2n) is 4.88. The molecule has 17 heavy (non-hydrogen) atoms. The molecule has 1 fully saturated rings. The highest BCUT2D eigenvalue weighted by Gasteiger charge is 2.18. The fraction of sp³-hybridized carbons (Fsp3) is 0.714. The molecular weight excluding hydrogens is 230 g/mol. The Morgan fingerprint density at radius 2 is 2.41 bits per heavy atom. The van der Waals surface area contributed by atoms with Crippen molar-refractivity contribution in [2.75, 3.05) is 13.7 Å². The summed E-state index contributed by atoms with van der Waals surface area (Å²) in [5, 5.41) is 5.63. The Morgan fingerprint density at radius 1 is 1.53 bits per heavy atom. The summed E-state index contributed by atoms with van der Waals surface area (Å²) in [4.78, 5) is 1.49. The minimum atomic E-state index is 0.500. The highest BCUT2D eigenvalue weighted by Crippen LogP contribution is 2.29. The fourth-order valence-corrected chi connectivity index (χ4v) is 3.61. The fourth-order valence-electron chi connectivity index (χ4n) is 2.54. The molecule has 3 heteroatoms. The molecule has 0 spiro atoms. The lowest BCUT2D eigenvalue weighted by atomic mass is 10.00. The number of ether oxygens (including phenoxy) is 1. The van der Waals surface area contributed by atoms with Gasteiger partial charge < -0.3 is 10.1 Å². The molecule has 2 atom stereocenters. The number of hydrogen-bond acceptors (Lipinski definition) is 3. The van der Waals surface area contributed by atoms with Gasteiger partial charge in [0, 0.05) is 17.5 Å². The molecule has 0 bridgehead atoms. The van der Waals surface area contributed by atoms with Crippen LogP contribution in [-0.2, 0) is 4.74 Å². The van der Waals surface area contributed by atoms with Gasteiger partial charge in [-0.05, 0) is 63.1 Å². The van der Waals surface area contributed by atoms with E-state index in [1.165, 1.54) is 42.5 Å². The zero-order valence-corrected chi connectivity index (χ0v) is 11.7. The zero-order chi connectivity index (χ0) is 12.1. The first-order valence-electron chi connectivity index (χ1n) is 6.64. The van der Waals surface area contributed by atoms with Crippen LogP contribution in [0.1, 0.15) is 48.6 Å². The molecular formula is C14H23NOS. The predicted octanol–water partition coefficient (Wildman–Crippen LogP) is 3.67. The summed E-state index contributed by atoms with van der Waals surface area (Å²) < 4.78 is 5.80. The Kier molecular flexibility index (Phi) is 5.01. The minimum Gasteiger partial charge on any atom is -0.378 e. The Labute approximate surface area is 108 Å². The van der Waals surface area contributed by atoms with E-state index >= 15 is 0 Å². The van der Waals surface area contributed by atoms with E-state index in [0.29, 0.717) is 12.1 Å². The van der Waals surface area contributed by atoms with Crippen LogP contribution in [0.25, 0.3) is 0 Å². The Balaban J connectivity index is 1.85. The molecule has 0 aliphatic carbocycles. The molecule has 2 nitrogen and oxygen atoms in total. The van der Waals surface area contributed by atoms with Crippen LogP contribution in [0.15, 0.2) is 11.4 Å². The quantitative estimate of drug-likeness (QED) is 0.864. The third-order valence-electron chi connectivity index (χ3n) is 3.62. The van der Waals surface area contributed by atoms with E-state index in [-0.39, 0.29) is 0 Å². The van der Waals surface area contributed by atoms with E-state index in [1.54, 1.807) is 0 Å². The van der Waals surface area contributed by atoms with Gasteiger partial charge in [0.1, 0.15) is 0 Å². The summed E-state index contributed by atoms with van der Waals surface area (Å²) in [6.07, 6.45) is 6.70. The second-order valence-corrected chi connectivity index (χ2v) is 5.82. The van der Waals surface area contributed by atoms with E-state index in [4.69, 9.17) is 4.74 Å². The molecule has 1 aliphatic rings. The number of thiophene rings is 1. The van der Waals surface area contributed by atoms with Gasteiger partial charge in [-0.1, -0.05) is 0 Å². The summed E-state index contributed by atoms with van der Waals surface area (Å²) in [6.45, 7) is 3.17. The molecule has 0 aromatic carbocycles. The lowest BCUT2D eigenvalue weighted by Gasteiger charge is -2.24. The van der Waals surface area contributed by atoms with E-state index in [2.05, 4.69) is 30.7 Å². The number of aryl methyl sites for hydroxylation is 1. The molecule has 0 radical (unpaired) electrons. The largest absolute Gasteiger partial charge is 0.378 e. The van der Waals surface area contributed by atoms with Gasteiger partial charge in [-0.25, -0.2) is 0 Å². The van der Waals surface area contributed by atoms with Gasteiger partial charge in [-0.2, -0.15) is 0 Å². The molecule has 0 amide bonds. The van der Waals surface area contributed by atoms with Crippen LogP contribution in [0, 0.1) is 6.92 Å². The van der Waals surface area contributed by atoms with Crippen molar-refractivity contribution in [3.63, 3.8) is 0 Å². The van der Waals surface area contributed by atoms with Crippen LogP contribution in [0.4, 0.5) is 0 Å². The Bertz CT molecular complexity index is 331. The third kappa shape index (κ3) is 3.54. The van der Waals surface area contributed by atoms with Crippen molar-refractivity contribution in [1.82, 2.24) is 5.32 Å². The highest BCUT2D eigenvalue weighted by molar-refractivity contribution is 7.10. The van der Waals surface area contributed by atoms with E-state index in [0.717, 1.165) is 6.61 Å². The summed E-state index contributed by atoms with van der Waals surface area (Å²) in [5.74, 6) is 0. The molecule has 1 saturated heterocycles. The maximum atomic E-state index is 5.80. The van der Waals surface area contributed by atoms with Gasteiger partial charge in [0.2, 0.25) is 0 Å². The van der Waals surface area contributed by atoms with Crippen LogP contribution < -0.4 is 5.32 Å². The van der Waals surface area contributed by atoms with Gasteiger partial charge in [0.15, 0.2) is 0 Å². The molecule has 2 rings (SSSR count). The highest BCUT2D eigenvalue weighted by atomic mass is 32.1. The smallest absolute Gasteiger partial charge is 0.0575 e. The normalized spacial score (nSPS) is 22.6. The molecule has 1 N–H and O–H groups in total. The standard InChI is InChI=1S/C14H23NOS/c1-11-8-10-17-14(11)13(15-2)7-6-12-5-3-4-9-16-12/h8,10,12-13,15H,3-7,9H2,1-2H3. The maximum Gasteiger partial charge on any atom is 0.0575 e. The van der Waals surface area contributed by atoms with Crippen molar-refractivity contribution in [3.05, 3.63) is 21.9 Å². The molecule has 1 aromatic rings. The molecule has 0 saturated carbocycles. The number of nitrogens with one attached hydrogen (secondary N) is 1. The van der Waals surface area contributed by atoms with Crippen LogP contribution >= 0.6 is 11.3 Å². The Hall–Kier alpha value is -0.380. The molecule has 1 aromatic heterocycles. The van der Waals surface area contributed by atoms with Crippen molar-refractivity contribution >= 4 is 11.3 Å². The first-order valence-corrected chi connectivity index (χ1v) is 7.52. The molecule has 2 heterocycles. The van der Waals surface area contributed by atoms with Crippen LogP contribution in [0.5, 0.6) is 0 Å². The lowest BCUT2D eigenvalue weighted by Crippen LogP contribution is -2.22. The summed E-state index contributed by atoms with van der Waals surface area (Å²) in [6, 6.07) is 2.71. The summed E-state index contributed by atoms with van der Waals surface area (Å²) in [7, 11) is 2.06. The molecule has 1 aliphatic heterocycles. The third-order valence-corrected chi connectivity index (χ3v) is 4.75. The maximum absolute atomic E-state index is 5.80. The van der Waals surface area contributed by atoms with E-state index in [9.17, 15) is 0 Å². The summed E-state index contributed by atoms with van der Waals surface area (Å²) in [5.41, 5.74) is 1.42. The predicted molar refractivity (Wildman–Crippen MR) is 73.7 cm³/mol. The lowest BCUT2D eigenvalue weighted by molar-refractivity contribution is 0.00870. The van der Waals surface area contributed by atoms with Crippen LogP contribution in [0.2, 0.25) is 0 Å². The van der Waals surface area contributed by atoms with Gasteiger partial charge in [0.25, 0.3) is 0 Å². The molecule has 2 unspecified atom stereocenters. The Morgan fingerprint density at radius 3 is 3.00 bits per heavy atom. The SMILES string of the molecule is CNC(CCC1CCCCO1)c1sccc1C. The van der Waals surface area contributed by atoms with Crippen LogP contribution in [-0.4, -0.2) is 19.8 Å². The summed E-state index contributed by atoms with van der Waals surface area (Å²) >= 11 is 1.87. The average Bonchev–Trinajstić information content (AvgIpc) is 2.78. The van der Waals surface area contributed by atoms with Crippen molar-refractivity contribution < 1.29 is 4.74 Å². The van der Waals surface area contributed by atoms with Crippen molar-refractivity contribution in [1.29, 1.82) is 0 Å². The van der Waals surface area contributed by atoms with E-state index in [1.807, 2.05) is 11.3 Å². The monoisotopic (exact) mass is 253 g/mol. The minimum absolute atomic E-state index is 0.500. The van der Waals surface area contributed by atoms with Crippen molar-refractivity contribution in [3.8, 4) is 0 Å². The van der Waals surface area contributed by atoms with Gasteiger partial charge in [-0.3, -0.25) is 0 Å². The van der Waals surface area contributed by atoms with Crippen molar-refractivity contribution in [2.45, 2.75) is 51.2 Å². The number of rotatable bonds is 5. The first-order chi connectivity index (χ1) is 8.31. The van der Waals surface area contributed by atoms with Crippen molar-refractivity contribution in [2.24, 2.45) is 0 Å². The second kappa shape index (κ2) is 6.53. The van der Waals surface area contributed by atoms with Gasteiger partial charge in [0.05, 0.1) is 6.10 Å². The zero-order valence-electron chi connectivity index (χ0n) is 10.9. The average molecular weight is 253 g/mol. The number of hydrogen-bond donors (Lipinski definition) is 1. The topological polar surface area (TPSA) is 21.3 Å². The van der Waals surface area contributed by atoms with Gasteiger partial charge in [-0.15, -0.1) is 11.3 Å². The first kappa shape index (κ1) is 13.1. The van der Waals surface area contributed by atoms with Crippen LogP contribution in [0.3, 0.4) is 0 Å². The van der Waals surface area contributed by atoms with E-state index < -0.39 is 0 Å². The van der Waals surface area contributed by atoms with Gasteiger partial charge >= 0.3 is 0 Å². The molecule has 96 valence electrons.